The van der Waals surface area contributed by atoms with E-state index in [2.05, 4.69) is 25.7 Å². The van der Waals surface area contributed by atoms with Crippen LogP contribution in [0.25, 0.3) is 22.8 Å². The van der Waals surface area contributed by atoms with Crippen LogP contribution in [0.5, 0.6) is 11.5 Å². The molecule has 0 aliphatic carbocycles. The lowest BCUT2D eigenvalue weighted by molar-refractivity contribution is 0.0525. The van der Waals surface area contributed by atoms with Crippen LogP contribution in [0.1, 0.15) is 43.7 Å². The summed E-state index contributed by atoms with van der Waals surface area (Å²) in [5.74, 6) is -4.21. The number of carboxylic acid groups (broad SMARTS) is 2. The number of carbonyl (C=O) groups excluding carboxylic acids is 1. The van der Waals surface area contributed by atoms with Gasteiger partial charge in [-0.05, 0) is 55.5 Å². The van der Waals surface area contributed by atoms with Crippen LogP contribution in [0.2, 0.25) is 0 Å². The summed E-state index contributed by atoms with van der Waals surface area (Å²) in [7, 11) is 0. The van der Waals surface area contributed by atoms with Crippen LogP contribution >= 0.6 is 0 Å². The maximum Gasteiger partial charge on any atom is 0.339 e. The molecule has 0 amide bonds. The highest BCUT2D eigenvalue weighted by molar-refractivity contribution is 5.93. The summed E-state index contributed by atoms with van der Waals surface area (Å²) in [6.45, 7) is 1.72. The highest BCUT2D eigenvalue weighted by Crippen LogP contribution is 2.26. The number of hydrogen-bond donors (Lipinski definition) is 6. The molecule has 0 radical (unpaired) electrons. The lowest BCUT2D eigenvalue weighted by atomic mass is 10.1. The molecule has 4 rings (SSSR count). The minimum Gasteiger partial charge on any atom is -0.507 e. The maximum atomic E-state index is 12.6. The largest absolute Gasteiger partial charge is 0.507 e. The van der Waals surface area contributed by atoms with E-state index in [9.17, 15) is 34.8 Å². The number of esters is 1. The first-order valence-electron chi connectivity index (χ1n) is 11.7. The Morgan fingerprint density at radius 2 is 1.68 bits per heavy atom. The molecule has 0 fully saturated rings. The number of rotatable bonds is 10. The Balaban J connectivity index is 1.74. The van der Waals surface area contributed by atoms with Gasteiger partial charge in [-0.2, -0.15) is 5.11 Å². The quantitative estimate of drug-likeness (QED) is 0.0926. The van der Waals surface area contributed by atoms with Gasteiger partial charge in [-0.1, -0.05) is 5.21 Å². The summed E-state index contributed by atoms with van der Waals surface area (Å²) in [5, 5.41) is 52.3. The maximum absolute atomic E-state index is 12.6. The van der Waals surface area contributed by atoms with E-state index in [1.54, 1.807) is 6.92 Å². The fourth-order valence-corrected chi connectivity index (χ4v) is 3.58. The van der Waals surface area contributed by atoms with E-state index in [1.807, 2.05) is 0 Å². The molecule has 0 atom stereocenters. The van der Waals surface area contributed by atoms with Gasteiger partial charge in [0, 0.05) is 11.9 Å². The van der Waals surface area contributed by atoms with Gasteiger partial charge in [-0.3, -0.25) is 0 Å². The Kier molecular flexibility index (Phi) is 7.98. The van der Waals surface area contributed by atoms with Crippen molar-refractivity contribution in [2.45, 2.75) is 6.92 Å². The number of aromatic carboxylic acids is 2. The Morgan fingerprint density at radius 1 is 1.00 bits per heavy atom. The molecule has 15 heteroatoms. The summed E-state index contributed by atoms with van der Waals surface area (Å²) in [6, 6.07) is 10.3. The van der Waals surface area contributed by atoms with E-state index in [4.69, 9.17) is 10.3 Å². The molecule has 0 saturated heterocycles. The third-order valence-electron chi connectivity index (χ3n) is 5.55. The molecule has 208 valence electrons. The topological polar surface area (TPSA) is 233 Å². The third-order valence-corrected chi connectivity index (χ3v) is 5.55. The first kappa shape index (κ1) is 27.9. The number of phenols is 2. The normalized spacial score (nSPS) is 11.1. The van der Waals surface area contributed by atoms with Crippen molar-refractivity contribution < 1.29 is 39.5 Å². The van der Waals surface area contributed by atoms with Crippen LogP contribution in [0, 0.1) is 5.53 Å². The lowest BCUT2D eigenvalue weighted by Crippen LogP contribution is -2.07. The van der Waals surface area contributed by atoms with Gasteiger partial charge in [-0.15, -0.1) is 5.10 Å². The number of carbonyl (C=O) groups is 3. The SMILES string of the molecule is CCOC(=O)c1cc(/C(=C/Nc2ccc(O)c(C(=O)O)c2)N=N)nc(-c2cn(-c3ccc(O)c(C(=O)O)c3)nn2)c1. The molecule has 2 aromatic carbocycles. The van der Waals surface area contributed by atoms with E-state index < -0.39 is 29.4 Å². The Labute approximate surface area is 230 Å². The van der Waals surface area contributed by atoms with E-state index in [-0.39, 0.29) is 57.5 Å². The number of nitrogens with one attached hydrogen (secondary N) is 2. The smallest absolute Gasteiger partial charge is 0.339 e. The predicted molar refractivity (Wildman–Crippen MR) is 141 cm³/mol. The average Bonchev–Trinajstić information content (AvgIpc) is 3.44. The molecule has 0 spiro atoms. The Bertz CT molecular complexity index is 1710. The molecule has 4 aromatic rings. The molecule has 6 N–H and O–H groups in total. The summed E-state index contributed by atoms with van der Waals surface area (Å²) >= 11 is 0. The molecule has 41 heavy (non-hydrogen) atoms. The van der Waals surface area contributed by atoms with Gasteiger partial charge in [0.1, 0.15) is 34.0 Å². The second-order valence-corrected chi connectivity index (χ2v) is 8.22. The monoisotopic (exact) mass is 559 g/mol. The van der Waals surface area contributed by atoms with Gasteiger partial charge < -0.3 is 30.5 Å². The van der Waals surface area contributed by atoms with Crippen LogP contribution < -0.4 is 5.32 Å². The Morgan fingerprint density at radius 3 is 2.34 bits per heavy atom. The van der Waals surface area contributed by atoms with Gasteiger partial charge in [0.2, 0.25) is 0 Å². The molecule has 0 unspecified atom stereocenters. The number of aromatic hydroxyl groups is 2. The molecular weight excluding hydrogens is 538 g/mol. The lowest BCUT2D eigenvalue weighted by Gasteiger charge is -2.09. The Hall–Kier alpha value is -6.12. The number of pyridine rings is 1. The second-order valence-electron chi connectivity index (χ2n) is 8.22. The molecular formula is C26H21N7O8. The van der Waals surface area contributed by atoms with Gasteiger partial charge in [0.15, 0.2) is 0 Å². The first-order chi connectivity index (χ1) is 19.6. The zero-order valence-corrected chi connectivity index (χ0v) is 21.1. The summed E-state index contributed by atoms with van der Waals surface area (Å²) in [6.07, 6.45) is 2.68. The molecule has 15 nitrogen and oxygen atoms in total. The number of ether oxygens (including phenoxy) is 1. The van der Waals surface area contributed by atoms with Crippen molar-refractivity contribution in [2.24, 2.45) is 5.11 Å². The standard InChI is InChI=1S/C26H21N7O8/c1-2-41-26(40)13-7-18(20(30-27)11-28-14-3-5-22(34)16(9-14)24(36)37)29-19(8-13)21-12-33(32-31-21)15-4-6-23(35)17(10-15)25(38)39/h3-12,27-28,34-35H,2H2,1H3,(H,36,37)(H,38,39)/b20-11-,30-27?. The molecule has 0 aliphatic rings. The van der Waals surface area contributed by atoms with Gasteiger partial charge in [-0.25, -0.2) is 29.6 Å². The number of anilines is 1. The molecule has 0 saturated carbocycles. The summed E-state index contributed by atoms with van der Waals surface area (Å²) in [5.41, 5.74) is 7.89. The fraction of sp³-hybridized carbons (Fsp3) is 0.0769. The van der Waals surface area contributed by atoms with Crippen LogP contribution in [0.3, 0.4) is 0 Å². The molecule has 2 aromatic heterocycles. The predicted octanol–water partition coefficient (Wildman–Crippen LogP) is 3.76. The fourth-order valence-electron chi connectivity index (χ4n) is 3.58. The summed E-state index contributed by atoms with van der Waals surface area (Å²) in [4.78, 5) is 39.7. The van der Waals surface area contributed by atoms with E-state index in [1.165, 1.54) is 65.6 Å². The zero-order valence-electron chi connectivity index (χ0n) is 21.1. The van der Waals surface area contributed by atoms with Crippen LogP contribution in [0.15, 0.2) is 66.0 Å². The average molecular weight is 559 g/mol. The molecule has 0 aliphatic heterocycles. The molecule has 2 heterocycles. The van der Waals surface area contributed by atoms with Crippen LogP contribution in [-0.4, -0.2) is 64.9 Å². The number of carboxylic acids is 2. The number of nitrogens with zero attached hydrogens (tertiary/aromatic N) is 5. The minimum absolute atomic E-state index is 0.0534. The number of aromatic nitrogens is 4. The molecule has 0 bridgehead atoms. The highest BCUT2D eigenvalue weighted by Gasteiger charge is 2.18. The van der Waals surface area contributed by atoms with Crippen molar-refractivity contribution in [2.75, 3.05) is 11.9 Å². The van der Waals surface area contributed by atoms with E-state index in [0.717, 1.165) is 0 Å². The van der Waals surface area contributed by atoms with E-state index in [0.29, 0.717) is 0 Å². The van der Waals surface area contributed by atoms with Gasteiger partial charge >= 0.3 is 17.9 Å². The van der Waals surface area contributed by atoms with Gasteiger partial charge in [0.05, 0.1) is 35.4 Å². The van der Waals surface area contributed by atoms with Crippen molar-refractivity contribution in [3.63, 3.8) is 0 Å². The van der Waals surface area contributed by atoms with Crippen molar-refractivity contribution in [1.29, 1.82) is 5.53 Å². The van der Waals surface area contributed by atoms with Crippen molar-refractivity contribution in [3.05, 3.63) is 83.3 Å². The number of hydrogen-bond acceptors (Lipinski definition) is 12. The van der Waals surface area contributed by atoms with Crippen molar-refractivity contribution >= 4 is 29.3 Å². The van der Waals surface area contributed by atoms with E-state index >= 15 is 0 Å². The van der Waals surface area contributed by atoms with Crippen molar-refractivity contribution in [1.82, 2.24) is 20.0 Å². The zero-order chi connectivity index (χ0) is 29.7. The number of benzene rings is 2. The second kappa shape index (κ2) is 11.7. The summed E-state index contributed by atoms with van der Waals surface area (Å²) < 4.78 is 6.35. The third kappa shape index (κ3) is 6.14. The van der Waals surface area contributed by atoms with Crippen molar-refractivity contribution in [3.8, 4) is 28.6 Å². The van der Waals surface area contributed by atoms with Crippen LogP contribution in [-0.2, 0) is 4.74 Å². The minimum atomic E-state index is -1.34. The van der Waals surface area contributed by atoms with Crippen LogP contribution in [0.4, 0.5) is 5.69 Å². The highest BCUT2D eigenvalue weighted by atomic mass is 16.5. The van der Waals surface area contributed by atoms with Gasteiger partial charge in [0.25, 0.3) is 0 Å². The first-order valence-corrected chi connectivity index (χ1v) is 11.7.